The number of benzene rings is 2. The molecular formula is C14H13BrN2O2. The molecule has 4 nitrogen and oxygen atoms in total. The monoisotopic (exact) mass is 320 g/mol. The Bertz CT molecular complexity index is 587. The van der Waals surface area contributed by atoms with Crippen LogP contribution in [0.4, 0.5) is 10.5 Å². The highest BCUT2D eigenvalue weighted by atomic mass is 79.9. The van der Waals surface area contributed by atoms with Crippen molar-refractivity contribution in [2.24, 2.45) is 0 Å². The molecule has 0 unspecified atom stereocenters. The van der Waals surface area contributed by atoms with E-state index >= 15 is 0 Å². The van der Waals surface area contributed by atoms with Crippen LogP contribution in [0, 0.1) is 0 Å². The van der Waals surface area contributed by atoms with E-state index in [0.29, 0.717) is 12.2 Å². The molecular weight excluding hydrogens is 308 g/mol. The summed E-state index contributed by atoms with van der Waals surface area (Å²) in [7, 11) is 0. The van der Waals surface area contributed by atoms with E-state index in [-0.39, 0.29) is 11.8 Å². The normalized spacial score (nSPS) is 9.95. The molecule has 2 aromatic rings. The summed E-state index contributed by atoms with van der Waals surface area (Å²) in [6.45, 7) is 0.435. The van der Waals surface area contributed by atoms with E-state index in [1.54, 1.807) is 18.2 Å². The lowest BCUT2D eigenvalue weighted by atomic mass is 10.2. The summed E-state index contributed by atoms with van der Waals surface area (Å²) in [6, 6.07) is 13.8. The number of amides is 2. The van der Waals surface area contributed by atoms with Crippen LogP contribution in [0.1, 0.15) is 5.56 Å². The fourth-order valence-electron chi connectivity index (χ4n) is 1.59. The van der Waals surface area contributed by atoms with E-state index in [0.717, 1.165) is 10.0 Å². The molecule has 0 aliphatic carbocycles. The second kappa shape index (κ2) is 6.24. The number of anilines is 1. The molecule has 2 aromatic carbocycles. The Labute approximate surface area is 119 Å². The largest absolute Gasteiger partial charge is 0.508 e. The van der Waals surface area contributed by atoms with Gasteiger partial charge < -0.3 is 15.7 Å². The third-order valence-electron chi connectivity index (χ3n) is 2.45. The van der Waals surface area contributed by atoms with Crippen molar-refractivity contribution in [3.8, 4) is 5.75 Å². The number of hydrogen-bond acceptors (Lipinski definition) is 2. The average Bonchev–Trinajstić information content (AvgIpc) is 2.36. The molecule has 5 heteroatoms. The SMILES string of the molecule is O=C(NCc1cccc(Br)c1)Nc1cccc(O)c1. The van der Waals surface area contributed by atoms with Crippen molar-refractivity contribution in [3.05, 3.63) is 58.6 Å². The van der Waals surface area contributed by atoms with Gasteiger partial charge in [-0.25, -0.2) is 4.79 Å². The standard InChI is InChI=1S/C14H13BrN2O2/c15-11-4-1-3-10(7-11)9-16-14(19)17-12-5-2-6-13(18)8-12/h1-8,18H,9H2,(H2,16,17,19). The van der Waals surface area contributed by atoms with Crippen LogP contribution in [0.15, 0.2) is 53.0 Å². The topological polar surface area (TPSA) is 61.4 Å². The van der Waals surface area contributed by atoms with Crippen molar-refractivity contribution in [2.75, 3.05) is 5.32 Å². The third-order valence-corrected chi connectivity index (χ3v) is 2.94. The lowest BCUT2D eigenvalue weighted by Gasteiger charge is -2.08. The maximum Gasteiger partial charge on any atom is 0.319 e. The number of phenols is 1. The summed E-state index contributed by atoms with van der Waals surface area (Å²) < 4.78 is 0.972. The molecule has 0 bridgehead atoms. The van der Waals surface area contributed by atoms with Crippen molar-refractivity contribution >= 4 is 27.6 Å². The Morgan fingerprint density at radius 2 is 1.95 bits per heavy atom. The predicted octanol–water partition coefficient (Wildman–Crippen LogP) is 3.48. The van der Waals surface area contributed by atoms with Gasteiger partial charge >= 0.3 is 6.03 Å². The highest BCUT2D eigenvalue weighted by Gasteiger charge is 2.02. The zero-order valence-electron chi connectivity index (χ0n) is 10.1. The fourth-order valence-corrected chi connectivity index (χ4v) is 2.03. The average molecular weight is 321 g/mol. The van der Waals surface area contributed by atoms with E-state index in [4.69, 9.17) is 0 Å². The second-order valence-corrected chi connectivity index (χ2v) is 4.90. The number of halogens is 1. The molecule has 0 spiro atoms. The van der Waals surface area contributed by atoms with Gasteiger partial charge in [-0.2, -0.15) is 0 Å². The minimum absolute atomic E-state index is 0.116. The summed E-state index contributed by atoms with van der Waals surface area (Å²) in [5, 5.41) is 14.7. The van der Waals surface area contributed by atoms with E-state index in [1.807, 2.05) is 24.3 Å². The Balaban J connectivity index is 1.88. The molecule has 0 aliphatic rings. The van der Waals surface area contributed by atoms with Gasteiger partial charge in [-0.3, -0.25) is 0 Å². The lowest BCUT2D eigenvalue weighted by molar-refractivity contribution is 0.251. The summed E-state index contributed by atoms with van der Waals surface area (Å²) in [4.78, 5) is 11.7. The van der Waals surface area contributed by atoms with Crippen LogP contribution >= 0.6 is 15.9 Å². The molecule has 19 heavy (non-hydrogen) atoms. The zero-order valence-corrected chi connectivity index (χ0v) is 11.6. The van der Waals surface area contributed by atoms with Crippen LogP contribution in [-0.2, 0) is 6.54 Å². The minimum Gasteiger partial charge on any atom is -0.508 e. The van der Waals surface area contributed by atoms with Crippen molar-refractivity contribution in [3.63, 3.8) is 0 Å². The van der Waals surface area contributed by atoms with Crippen LogP contribution in [-0.4, -0.2) is 11.1 Å². The van der Waals surface area contributed by atoms with Crippen LogP contribution in [0.5, 0.6) is 5.75 Å². The first-order chi connectivity index (χ1) is 9.13. The van der Waals surface area contributed by atoms with Crippen LogP contribution in [0.25, 0.3) is 0 Å². The number of aromatic hydroxyl groups is 1. The van der Waals surface area contributed by atoms with Gasteiger partial charge in [-0.15, -0.1) is 0 Å². The van der Waals surface area contributed by atoms with Crippen LogP contribution < -0.4 is 10.6 Å². The van der Waals surface area contributed by atoms with Crippen molar-refractivity contribution in [1.82, 2.24) is 5.32 Å². The number of phenolic OH excluding ortho intramolecular Hbond substituents is 1. The first kappa shape index (κ1) is 13.4. The molecule has 0 atom stereocenters. The first-order valence-corrected chi connectivity index (χ1v) is 6.51. The minimum atomic E-state index is -0.314. The number of carbonyl (C=O) groups excluding carboxylic acids is 1. The Morgan fingerprint density at radius 1 is 1.16 bits per heavy atom. The van der Waals surface area contributed by atoms with Gasteiger partial charge in [0.05, 0.1) is 0 Å². The lowest BCUT2D eigenvalue weighted by Crippen LogP contribution is -2.28. The Hall–Kier alpha value is -2.01. The van der Waals surface area contributed by atoms with Gasteiger partial charge in [0, 0.05) is 22.8 Å². The molecule has 0 saturated heterocycles. The summed E-state index contributed by atoms with van der Waals surface area (Å²) in [5.41, 5.74) is 1.55. The predicted molar refractivity (Wildman–Crippen MR) is 78.1 cm³/mol. The molecule has 2 amide bonds. The molecule has 2 rings (SSSR count). The van der Waals surface area contributed by atoms with Crippen LogP contribution in [0.3, 0.4) is 0 Å². The number of nitrogens with one attached hydrogen (secondary N) is 2. The third kappa shape index (κ3) is 4.30. The highest BCUT2D eigenvalue weighted by molar-refractivity contribution is 9.10. The van der Waals surface area contributed by atoms with E-state index in [1.165, 1.54) is 6.07 Å². The Morgan fingerprint density at radius 3 is 2.68 bits per heavy atom. The smallest absolute Gasteiger partial charge is 0.319 e. The maximum absolute atomic E-state index is 11.7. The summed E-state index contributed by atoms with van der Waals surface area (Å²) in [5.74, 6) is 0.116. The van der Waals surface area contributed by atoms with Gasteiger partial charge in [0.1, 0.15) is 5.75 Å². The van der Waals surface area contributed by atoms with Crippen molar-refractivity contribution in [2.45, 2.75) is 6.54 Å². The fraction of sp³-hybridized carbons (Fsp3) is 0.0714. The molecule has 0 saturated carbocycles. The van der Waals surface area contributed by atoms with Crippen molar-refractivity contribution < 1.29 is 9.90 Å². The zero-order chi connectivity index (χ0) is 13.7. The molecule has 0 heterocycles. The van der Waals surface area contributed by atoms with E-state index in [2.05, 4.69) is 26.6 Å². The Kier molecular flexibility index (Phi) is 4.41. The molecule has 3 N–H and O–H groups in total. The van der Waals surface area contributed by atoms with Gasteiger partial charge in [-0.05, 0) is 29.8 Å². The molecule has 0 aliphatic heterocycles. The number of carbonyl (C=O) groups is 1. The molecule has 98 valence electrons. The van der Waals surface area contributed by atoms with Crippen LogP contribution in [0.2, 0.25) is 0 Å². The van der Waals surface area contributed by atoms with Gasteiger partial charge in [0.25, 0.3) is 0 Å². The number of urea groups is 1. The van der Waals surface area contributed by atoms with Gasteiger partial charge in [0.2, 0.25) is 0 Å². The molecule has 0 radical (unpaired) electrons. The maximum atomic E-state index is 11.7. The summed E-state index contributed by atoms with van der Waals surface area (Å²) in [6.07, 6.45) is 0. The van der Waals surface area contributed by atoms with Gasteiger partial charge in [0.15, 0.2) is 0 Å². The van der Waals surface area contributed by atoms with Gasteiger partial charge in [-0.1, -0.05) is 34.1 Å². The molecule has 0 fully saturated rings. The van der Waals surface area contributed by atoms with E-state index in [9.17, 15) is 9.90 Å². The molecule has 0 aromatic heterocycles. The second-order valence-electron chi connectivity index (χ2n) is 3.99. The number of hydrogen-bond donors (Lipinski definition) is 3. The summed E-state index contributed by atoms with van der Waals surface area (Å²) >= 11 is 3.37. The number of rotatable bonds is 3. The first-order valence-electron chi connectivity index (χ1n) is 5.72. The van der Waals surface area contributed by atoms with E-state index < -0.39 is 0 Å². The van der Waals surface area contributed by atoms with Crippen molar-refractivity contribution in [1.29, 1.82) is 0 Å². The highest BCUT2D eigenvalue weighted by Crippen LogP contribution is 2.15. The quantitative estimate of drug-likeness (QED) is 0.810.